The van der Waals surface area contributed by atoms with Gasteiger partial charge in [0.25, 0.3) is 5.91 Å². The van der Waals surface area contributed by atoms with Crippen molar-refractivity contribution in [1.29, 1.82) is 0 Å². The molecule has 7 heteroatoms. The number of carboxylic acid groups (broad SMARTS) is 1. The molecule has 1 fully saturated rings. The molecule has 4 N–H and O–H groups in total. The maximum atomic E-state index is 11.6. The van der Waals surface area contributed by atoms with E-state index in [1.54, 1.807) is 18.7 Å². The second kappa shape index (κ2) is 5.75. The van der Waals surface area contributed by atoms with E-state index in [4.69, 9.17) is 5.73 Å². The van der Waals surface area contributed by atoms with Crippen LogP contribution in [0.25, 0.3) is 0 Å². The van der Waals surface area contributed by atoms with Crippen molar-refractivity contribution in [2.45, 2.75) is 51.0 Å². The summed E-state index contributed by atoms with van der Waals surface area (Å²) in [5.41, 5.74) is 5.79. The van der Waals surface area contributed by atoms with Crippen LogP contribution < -0.4 is 11.1 Å². The second-order valence-corrected chi connectivity index (χ2v) is 5.83. The minimum Gasteiger partial charge on any atom is -0.481 e. The Morgan fingerprint density at radius 1 is 1.38 bits per heavy atom. The van der Waals surface area contributed by atoms with Crippen molar-refractivity contribution in [3.8, 4) is 0 Å². The molecular formula is C14H22N4O3. The lowest BCUT2D eigenvalue weighted by Gasteiger charge is -2.38. The number of aliphatic carboxylic acids is 1. The summed E-state index contributed by atoms with van der Waals surface area (Å²) < 4.78 is 1.56. The Hall–Kier alpha value is -2.05. The first kappa shape index (κ1) is 15.3. The van der Waals surface area contributed by atoms with Crippen LogP contribution >= 0.6 is 0 Å². The number of anilines is 1. The van der Waals surface area contributed by atoms with E-state index < -0.39 is 17.4 Å². The van der Waals surface area contributed by atoms with Crippen LogP contribution in [0.3, 0.4) is 0 Å². The molecule has 0 saturated heterocycles. The normalized spacial score (nSPS) is 17.4. The number of rotatable bonds is 5. The van der Waals surface area contributed by atoms with Gasteiger partial charge in [0.1, 0.15) is 11.4 Å². The summed E-state index contributed by atoms with van der Waals surface area (Å²) in [7, 11) is 1.72. The first-order chi connectivity index (χ1) is 9.84. The second-order valence-electron chi connectivity index (χ2n) is 5.83. The molecular weight excluding hydrogens is 272 g/mol. The molecule has 0 unspecified atom stereocenters. The van der Waals surface area contributed by atoms with Gasteiger partial charge in [0.2, 0.25) is 0 Å². The molecule has 0 aliphatic heterocycles. The Kier molecular flexibility index (Phi) is 4.20. The van der Waals surface area contributed by atoms with Crippen molar-refractivity contribution < 1.29 is 14.7 Å². The van der Waals surface area contributed by atoms with Gasteiger partial charge in [-0.25, -0.2) is 0 Å². The highest BCUT2D eigenvalue weighted by molar-refractivity contribution is 5.99. The molecule has 0 bridgehead atoms. The fourth-order valence-electron chi connectivity index (χ4n) is 3.21. The third-order valence-corrected chi connectivity index (χ3v) is 4.15. The van der Waals surface area contributed by atoms with E-state index in [9.17, 15) is 14.7 Å². The molecule has 1 aromatic rings. The molecule has 116 valence electrons. The van der Waals surface area contributed by atoms with E-state index >= 15 is 0 Å². The summed E-state index contributed by atoms with van der Waals surface area (Å²) in [4.78, 5) is 22.9. The van der Waals surface area contributed by atoms with Crippen LogP contribution in [0, 0.1) is 6.92 Å². The molecule has 2 rings (SSSR count). The molecule has 0 aromatic carbocycles. The lowest BCUT2D eigenvalue weighted by Crippen LogP contribution is -2.43. The maximum absolute atomic E-state index is 11.6. The Balaban J connectivity index is 2.37. The number of nitrogens with zero attached hydrogens (tertiary/aromatic N) is 2. The number of hydrogen-bond donors (Lipinski definition) is 3. The van der Waals surface area contributed by atoms with Crippen LogP contribution in [-0.4, -0.2) is 32.3 Å². The van der Waals surface area contributed by atoms with E-state index in [0.717, 1.165) is 32.1 Å². The molecule has 1 aromatic heterocycles. The van der Waals surface area contributed by atoms with E-state index in [1.165, 1.54) is 0 Å². The topological polar surface area (TPSA) is 110 Å². The molecule has 21 heavy (non-hydrogen) atoms. The van der Waals surface area contributed by atoms with Gasteiger partial charge in [-0.3, -0.25) is 14.3 Å². The first-order valence-corrected chi connectivity index (χ1v) is 7.18. The highest BCUT2D eigenvalue weighted by Crippen LogP contribution is 2.35. The third-order valence-electron chi connectivity index (χ3n) is 4.15. The predicted molar refractivity (Wildman–Crippen MR) is 78.2 cm³/mol. The van der Waals surface area contributed by atoms with Gasteiger partial charge in [-0.05, 0) is 19.8 Å². The van der Waals surface area contributed by atoms with Crippen molar-refractivity contribution in [3.05, 3.63) is 11.3 Å². The molecule has 1 aliphatic carbocycles. The Morgan fingerprint density at radius 2 is 2.00 bits per heavy atom. The van der Waals surface area contributed by atoms with Crippen molar-refractivity contribution >= 4 is 17.7 Å². The number of nitrogens with two attached hydrogens (primary N) is 1. The largest absolute Gasteiger partial charge is 0.481 e. The van der Waals surface area contributed by atoms with Crippen molar-refractivity contribution in [2.24, 2.45) is 12.8 Å². The van der Waals surface area contributed by atoms with Crippen molar-refractivity contribution in [3.63, 3.8) is 0 Å². The molecule has 7 nitrogen and oxygen atoms in total. The molecule has 0 spiro atoms. The Morgan fingerprint density at radius 3 is 2.52 bits per heavy atom. The number of carbonyl (C=O) groups is 2. The molecule has 1 amide bonds. The van der Waals surface area contributed by atoms with Crippen LogP contribution in [-0.2, 0) is 11.8 Å². The van der Waals surface area contributed by atoms with Gasteiger partial charge < -0.3 is 16.2 Å². The van der Waals surface area contributed by atoms with Crippen LogP contribution in [0.4, 0.5) is 5.82 Å². The molecule has 1 aliphatic rings. The number of primary amides is 1. The van der Waals surface area contributed by atoms with Gasteiger partial charge in [0.15, 0.2) is 0 Å². The first-order valence-electron chi connectivity index (χ1n) is 7.18. The fraction of sp³-hybridized carbons (Fsp3) is 0.643. The number of aromatic nitrogens is 2. The lowest BCUT2D eigenvalue weighted by atomic mass is 9.79. The number of carbonyl (C=O) groups excluding carboxylic acids is 1. The van der Waals surface area contributed by atoms with Gasteiger partial charge in [-0.15, -0.1) is 0 Å². The zero-order chi connectivity index (χ0) is 15.6. The summed E-state index contributed by atoms with van der Waals surface area (Å²) in [5.74, 6) is -0.878. The van der Waals surface area contributed by atoms with Gasteiger partial charge >= 0.3 is 5.97 Å². The Labute approximate surface area is 123 Å². The van der Waals surface area contributed by atoms with Crippen LogP contribution in [0.15, 0.2) is 0 Å². The summed E-state index contributed by atoms with van der Waals surface area (Å²) in [5, 5.41) is 16.7. The standard InChI is InChI=1S/C14H22N4O3/c1-9-11(12(15)21)13(18(2)17-9)16-14(8-10(19)20)6-4-3-5-7-14/h16H,3-8H2,1-2H3,(H2,15,21)(H,19,20). The smallest absolute Gasteiger partial charge is 0.305 e. The van der Waals surface area contributed by atoms with E-state index in [2.05, 4.69) is 10.4 Å². The summed E-state index contributed by atoms with van der Waals surface area (Å²) in [6.45, 7) is 1.72. The van der Waals surface area contributed by atoms with Crippen LogP contribution in [0.5, 0.6) is 0 Å². The van der Waals surface area contributed by atoms with Crippen molar-refractivity contribution in [2.75, 3.05) is 5.32 Å². The summed E-state index contributed by atoms with van der Waals surface area (Å²) in [6.07, 6.45) is 4.61. The quantitative estimate of drug-likeness (QED) is 0.760. The molecule has 0 atom stereocenters. The van der Waals surface area contributed by atoms with Gasteiger partial charge in [-0.1, -0.05) is 19.3 Å². The maximum Gasteiger partial charge on any atom is 0.305 e. The van der Waals surface area contributed by atoms with Gasteiger partial charge in [0.05, 0.1) is 12.1 Å². The van der Waals surface area contributed by atoms with E-state index in [1.807, 2.05) is 0 Å². The van der Waals surface area contributed by atoms with Crippen molar-refractivity contribution in [1.82, 2.24) is 9.78 Å². The van der Waals surface area contributed by atoms with Crippen LogP contribution in [0.1, 0.15) is 54.6 Å². The van der Waals surface area contributed by atoms with Gasteiger partial charge in [-0.2, -0.15) is 5.10 Å². The SMILES string of the molecule is Cc1nn(C)c(NC2(CC(=O)O)CCCCC2)c1C(N)=O. The monoisotopic (exact) mass is 294 g/mol. The summed E-state index contributed by atoms with van der Waals surface area (Å²) in [6, 6.07) is 0. The zero-order valence-electron chi connectivity index (χ0n) is 12.5. The highest BCUT2D eigenvalue weighted by atomic mass is 16.4. The van der Waals surface area contributed by atoms with E-state index in [-0.39, 0.29) is 6.42 Å². The number of aryl methyl sites for hydroxylation is 2. The average Bonchev–Trinajstić information content (AvgIpc) is 2.64. The number of amides is 1. The summed E-state index contributed by atoms with van der Waals surface area (Å²) >= 11 is 0. The Bertz CT molecular complexity index is 559. The number of hydrogen-bond acceptors (Lipinski definition) is 4. The molecule has 1 heterocycles. The third kappa shape index (κ3) is 3.17. The van der Waals surface area contributed by atoms with Gasteiger partial charge in [0, 0.05) is 12.6 Å². The number of nitrogens with one attached hydrogen (secondary N) is 1. The minimum atomic E-state index is -0.844. The average molecular weight is 294 g/mol. The fourth-order valence-corrected chi connectivity index (χ4v) is 3.21. The zero-order valence-corrected chi connectivity index (χ0v) is 12.5. The number of carboxylic acids is 1. The van der Waals surface area contributed by atoms with Crippen LogP contribution in [0.2, 0.25) is 0 Å². The van der Waals surface area contributed by atoms with E-state index in [0.29, 0.717) is 17.1 Å². The predicted octanol–water partition coefficient (Wildman–Crippen LogP) is 1.42. The highest BCUT2D eigenvalue weighted by Gasteiger charge is 2.36. The molecule has 0 radical (unpaired) electrons. The molecule has 1 saturated carbocycles. The minimum absolute atomic E-state index is 0.0232. The lowest BCUT2D eigenvalue weighted by molar-refractivity contribution is -0.138.